The maximum atomic E-state index is 14.9. The topological polar surface area (TPSA) is 90.9 Å². The molecule has 1 N–H and O–H groups in total. The Kier molecular flexibility index (Phi) is 5.88. The number of nitrogens with zero attached hydrogens (tertiary/aromatic N) is 5. The van der Waals surface area contributed by atoms with Gasteiger partial charge in [-0.15, -0.1) is 0 Å². The smallest absolute Gasteiger partial charge is 0.414 e. The molecule has 1 aromatic carbocycles. The molecule has 2 fully saturated rings. The van der Waals surface area contributed by atoms with E-state index >= 15 is 0 Å². The molecule has 4 rings (SSSR count). The van der Waals surface area contributed by atoms with E-state index in [2.05, 4.69) is 20.2 Å². The lowest BCUT2D eigenvalue weighted by Crippen LogP contribution is -2.47. The maximum absolute atomic E-state index is 14.9. The van der Waals surface area contributed by atoms with Crippen molar-refractivity contribution in [3.05, 3.63) is 42.1 Å². The minimum atomic E-state index is -0.546. The predicted octanol–water partition coefficient (Wildman–Crippen LogP) is 1.71. The van der Waals surface area contributed by atoms with Gasteiger partial charge >= 0.3 is 6.09 Å². The van der Waals surface area contributed by atoms with Gasteiger partial charge in [-0.1, -0.05) is 0 Å². The Labute approximate surface area is 179 Å². The summed E-state index contributed by atoms with van der Waals surface area (Å²) in [6.07, 6.45) is 2.49. The van der Waals surface area contributed by atoms with Crippen molar-refractivity contribution in [3.63, 3.8) is 0 Å². The molecule has 2 aliphatic rings. The van der Waals surface area contributed by atoms with E-state index in [-0.39, 0.29) is 24.8 Å². The molecule has 2 saturated heterocycles. The number of halogens is 1. The van der Waals surface area contributed by atoms with Gasteiger partial charge in [0.25, 0.3) is 0 Å². The molecule has 0 saturated carbocycles. The highest BCUT2D eigenvalue weighted by molar-refractivity contribution is 5.90. The van der Waals surface area contributed by atoms with Crippen molar-refractivity contribution in [2.75, 3.05) is 54.0 Å². The second-order valence-electron chi connectivity index (χ2n) is 7.68. The number of piperazine rings is 1. The number of benzene rings is 1. The number of hydrogen-bond donors (Lipinski definition) is 1. The molecule has 1 atom stereocenters. The molecule has 2 amide bonds. The maximum Gasteiger partial charge on any atom is 0.414 e. The van der Waals surface area contributed by atoms with Gasteiger partial charge < -0.3 is 19.9 Å². The standard InChI is InChI=1S/C21H25FN6O3/c1-14-10-25-20(12-23-14)27-7-5-26(6-8-27)19-4-3-16(9-18(19)22)28-13-17(31-21(28)30)11-24-15(2)29/h3-4,9-10,12,17H,5-8,11,13H2,1-2H3,(H,24,29). The van der Waals surface area contributed by atoms with Crippen LogP contribution < -0.4 is 20.0 Å². The van der Waals surface area contributed by atoms with Gasteiger partial charge in [0.2, 0.25) is 5.91 Å². The van der Waals surface area contributed by atoms with Crippen LogP contribution in [0, 0.1) is 12.7 Å². The highest BCUT2D eigenvalue weighted by atomic mass is 19.1. The van der Waals surface area contributed by atoms with E-state index < -0.39 is 12.2 Å². The van der Waals surface area contributed by atoms with Crippen molar-refractivity contribution in [3.8, 4) is 0 Å². The number of aromatic nitrogens is 2. The fourth-order valence-corrected chi connectivity index (χ4v) is 3.74. The largest absolute Gasteiger partial charge is 0.442 e. The number of ether oxygens (including phenoxy) is 1. The Morgan fingerprint density at radius 1 is 1.19 bits per heavy atom. The summed E-state index contributed by atoms with van der Waals surface area (Å²) < 4.78 is 20.2. The summed E-state index contributed by atoms with van der Waals surface area (Å²) in [7, 11) is 0. The van der Waals surface area contributed by atoms with Crippen LogP contribution in [0.4, 0.5) is 26.4 Å². The van der Waals surface area contributed by atoms with Crippen molar-refractivity contribution in [2.45, 2.75) is 20.0 Å². The number of nitrogens with one attached hydrogen (secondary N) is 1. The Bertz CT molecular complexity index is 962. The Morgan fingerprint density at radius 2 is 1.94 bits per heavy atom. The van der Waals surface area contributed by atoms with E-state index in [4.69, 9.17) is 4.74 Å². The van der Waals surface area contributed by atoms with Gasteiger partial charge in [0.1, 0.15) is 17.7 Å². The first-order valence-electron chi connectivity index (χ1n) is 10.2. The fourth-order valence-electron chi connectivity index (χ4n) is 3.74. The van der Waals surface area contributed by atoms with Gasteiger partial charge in [0.05, 0.1) is 42.6 Å². The molecular weight excluding hydrogens is 403 g/mol. The van der Waals surface area contributed by atoms with Gasteiger partial charge in [-0.3, -0.25) is 14.7 Å². The second kappa shape index (κ2) is 8.75. The van der Waals surface area contributed by atoms with Crippen molar-refractivity contribution < 1.29 is 18.7 Å². The van der Waals surface area contributed by atoms with Crippen molar-refractivity contribution in [1.82, 2.24) is 15.3 Å². The average molecular weight is 428 g/mol. The van der Waals surface area contributed by atoms with E-state index in [0.717, 1.165) is 11.5 Å². The van der Waals surface area contributed by atoms with E-state index in [0.29, 0.717) is 37.6 Å². The Balaban J connectivity index is 1.38. The molecule has 1 unspecified atom stereocenters. The molecule has 3 heterocycles. The van der Waals surface area contributed by atoms with E-state index in [9.17, 15) is 14.0 Å². The van der Waals surface area contributed by atoms with Crippen LogP contribution in [0.1, 0.15) is 12.6 Å². The summed E-state index contributed by atoms with van der Waals surface area (Å²) in [5.74, 6) is 0.237. The van der Waals surface area contributed by atoms with Crippen LogP contribution >= 0.6 is 0 Å². The molecule has 164 valence electrons. The van der Waals surface area contributed by atoms with Crippen molar-refractivity contribution in [1.29, 1.82) is 0 Å². The highest BCUT2D eigenvalue weighted by Crippen LogP contribution is 2.29. The quantitative estimate of drug-likeness (QED) is 0.775. The monoisotopic (exact) mass is 428 g/mol. The number of aryl methyl sites for hydroxylation is 1. The van der Waals surface area contributed by atoms with Crippen molar-refractivity contribution in [2.24, 2.45) is 0 Å². The van der Waals surface area contributed by atoms with Gasteiger partial charge in [0.15, 0.2) is 0 Å². The lowest BCUT2D eigenvalue weighted by molar-refractivity contribution is -0.119. The van der Waals surface area contributed by atoms with Gasteiger partial charge in [-0.25, -0.2) is 14.2 Å². The van der Waals surface area contributed by atoms with Crippen molar-refractivity contribution >= 4 is 29.2 Å². The lowest BCUT2D eigenvalue weighted by atomic mass is 10.2. The summed E-state index contributed by atoms with van der Waals surface area (Å²) in [6.45, 7) is 6.50. The normalized spacial score (nSPS) is 18.9. The summed E-state index contributed by atoms with van der Waals surface area (Å²) in [4.78, 5) is 37.4. The minimum Gasteiger partial charge on any atom is -0.442 e. The highest BCUT2D eigenvalue weighted by Gasteiger charge is 2.33. The molecule has 31 heavy (non-hydrogen) atoms. The first-order chi connectivity index (χ1) is 14.9. The van der Waals surface area contributed by atoms with Crippen LogP contribution in [0.25, 0.3) is 0 Å². The molecule has 9 nitrogen and oxygen atoms in total. The van der Waals surface area contributed by atoms with Crippen LogP contribution in [0.3, 0.4) is 0 Å². The molecular formula is C21H25FN6O3. The Hall–Kier alpha value is -3.43. The molecule has 2 aliphatic heterocycles. The third-order valence-corrected chi connectivity index (χ3v) is 5.41. The third kappa shape index (κ3) is 4.68. The van der Waals surface area contributed by atoms with Crippen LogP contribution in [-0.4, -0.2) is 67.3 Å². The fraction of sp³-hybridized carbons (Fsp3) is 0.429. The molecule has 2 aromatic rings. The third-order valence-electron chi connectivity index (χ3n) is 5.41. The molecule has 0 aliphatic carbocycles. The average Bonchev–Trinajstić information content (AvgIpc) is 3.13. The van der Waals surface area contributed by atoms with Crippen LogP contribution in [0.5, 0.6) is 0 Å². The summed E-state index contributed by atoms with van der Waals surface area (Å²) in [5.41, 5.74) is 1.80. The predicted molar refractivity (Wildman–Crippen MR) is 114 cm³/mol. The number of hydrogen-bond acceptors (Lipinski definition) is 7. The zero-order valence-corrected chi connectivity index (χ0v) is 17.5. The first-order valence-corrected chi connectivity index (χ1v) is 10.2. The van der Waals surface area contributed by atoms with Gasteiger partial charge in [-0.2, -0.15) is 0 Å². The van der Waals surface area contributed by atoms with Crippen LogP contribution in [0.15, 0.2) is 30.6 Å². The summed E-state index contributed by atoms with van der Waals surface area (Å²) >= 11 is 0. The number of carbonyl (C=O) groups is 2. The lowest BCUT2D eigenvalue weighted by Gasteiger charge is -2.36. The number of anilines is 3. The number of amides is 2. The minimum absolute atomic E-state index is 0.195. The summed E-state index contributed by atoms with van der Waals surface area (Å²) in [5, 5.41) is 2.63. The van der Waals surface area contributed by atoms with E-state index in [1.165, 1.54) is 17.9 Å². The molecule has 1 aromatic heterocycles. The van der Waals surface area contributed by atoms with Crippen LogP contribution in [-0.2, 0) is 9.53 Å². The van der Waals surface area contributed by atoms with E-state index in [1.54, 1.807) is 24.5 Å². The molecule has 0 radical (unpaired) electrons. The Morgan fingerprint density at radius 3 is 2.58 bits per heavy atom. The second-order valence-corrected chi connectivity index (χ2v) is 7.68. The first kappa shape index (κ1) is 20.8. The molecule has 0 bridgehead atoms. The SMILES string of the molecule is CC(=O)NCC1CN(c2ccc(N3CCN(c4cnc(C)cn4)CC3)c(F)c2)C(=O)O1. The number of rotatable bonds is 5. The number of cyclic esters (lactones) is 1. The number of carbonyl (C=O) groups excluding carboxylic acids is 2. The summed E-state index contributed by atoms with van der Waals surface area (Å²) in [6, 6.07) is 4.77. The molecule has 0 spiro atoms. The van der Waals surface area contributed by atoms with E-state index in [1.807, 2.05) is 11.8 Å². The zero-order valence-electron chi connectivity index (χ0n) is 17.5. The molecule has 10 heteroatoms. The zero-order chi connectivity index (χ0) is 22.0. The van der Waals surface area contributed by atoms with Gasteiger partial charge in [0, 0.05) is 33.1 Å². The van der Waals surface area contributed by atoms with Gasteiger partial charge in [-0.05, 0) is 25.1 Å². The van der Waals surface area contributed by atoms with Crippen LogP contribution in [0.2, 0.25) is 0 Å².